The molecule has 5 aromatic rings. The number of hydrogen-bond donors (Lipinski definition) is 2. The van der Waals surface area contributed by atoms with E-state index in [4.69, 9.17) is 0 Å². The summed E-state index contributed by atoms with van der Waals surface area (Å²) in [4.78, 5) is 38.2. The second-order valence-corrected chi connectivity index (χ2v) is 10.8. The van der Waals surface area contributed by atoms with Crippen LogP contribution in [0.4, 0.5) is 22.2 Å². The quantitative estimate of drug-likeness (QED) is 0.205. The third-order valence-corrected chi connectivity index (χ3v) is 7.36. The Kier molecular flexibility index (Phi) is 8.78. The van der Waals surface area contributed by atoms with Crippen molar-refractivity contribution in [1.82, 2.24) is 38.4 Å². The Morgan fingerprint density at radius 1 is 1.12 bits per heavy atom. The van der Waals surface area contributed by atoms with Crippen LogP contribution in [0.5, 0.6) is 0 Å². The lowest BCUT2D eigenvalue weighted by Crippen LogP contribution is -2.24. The Balaban J connectivity index is 0.000000442. The zero-order valence-corrected chi connectivity index (χ0v) is 24.3. The van der Waals surface area contributed by atoms with E-state index in [-0.39, 0.29) is 17.9 Å². The van der Waals surface area contributed by atoms with Gasteiger partial charge >= 0.3 is 5.69 Å². The first kappa shape index (κ1) is 28.8. The summed E-state index contributed by atoms with van der Waals surface area (Å²) in [5.41, 5.74) is 3.63. The number of nitrogens with one attached hydrogen (secondary N) is 2. The highest BCUT2D eigenvalue weighted by atomic mass is 32.1. The number of amides is 1. The standard InChI is InChI=1S/C21H18N10O3S.C6H13N/c1-12-5-19(35-28-12)27-20-21-23-8-16(30(21)9-13(2)25-20)14-6-24-29(10-14)11-18(32)26-15-3-4-22-7-17(15)31(33)34;1-7-5-3-2-4-6-7/h3-10H,11H2,1-2H3,(H,25,27)(H,22,26,32);2-6H2,1H3. The van der Waals surface area contributed by atoms with E-state index in [1.165, 1.54) is 60.8 Å². The van der Waals surface area contributed by atoms with Crippen LogP contribution >= 0.6 is 11.5 Å². The first-order valence-corrected chi connectivity index (χ1v) is 14.2. The Labute approximate surface area is 245 Å². The Bertz CT molecular complexity index is 1700. The fourth-order valence-corrected chi connectivity index (χ4v) is 5.21. The van der Waals surface area contributed by atoms with Gasteiger partial charge in [-0.05, 0) is 70.5 Å². The molecule has 15 heteroatoms. The molecule has 1 aliphatic heterocycles. The number of hydrogen-bond acceptors (Lipinski definition) is 11. The van der Waals surface area contributed by atoms with Crippen LogP contribution in [0, 0.1) is 24.0 Å². The third-order valence-electron chi connectivity index (χ3n) is 6.57. The van der Waals surface area contributed by atoms with E-state index in [2.05, 4.69) is 47.0 Å². The lowest BCUT2D eigenvalue weighted by Gasteiger charge is -2.20. The van der Waals surface area contributed by atoms with Gasteiger partial charge in [-0.25, -0.2) is 9.97 Å². The number of pyridine rings is 1. The average Bonchev–Trinajstić information content (AvgIpc) is 3.69. The van der Waals surface area contributed by atoms with Crippen LogP contribution in [0.1, 0.15) is 30.7 Å². The molecule has 0 unspecified atom stereocenters. The monoisotopic (exact) mass is 589 g/mol. The van der Waals surface area contributed by atoms with Crippen LogP contribution in [0.15, 0.2) is 49.3 Å². The van der Waals surface area contributed by atoms with Gasteiger partial charge in [-0.2, -0.15) is 9.47 Å². The topological polar surface area (TPSA) is 161 Å². The minimum absolute atomic E-state index is 0.0725. The van der Waals surface area contributed by atoms with Crippen molar-refractivity contribution < 1.29 is 9.72 Å². The highest BCUT2D eigenvalue weighted by Crippen LogP contribution is 2.28. The highest BCUT2D eigenvalue weighted by molar-refractivity contribution is 7.10. The molecule has 6 heterocycles. The average molecular weight is 590 g/mol. The number of rotatable bonds is 7. The molecule has 0 atom stereocenters. The summed E-state index contributed by atoms with van der Waals surface area (Å²) in [6.07, 6.45) is 13.6. The lowest BCUT2D eigenvalue weighted by atomic mass is 10.1. The van der Waals surface area contributed by atoms with Gasteiger partial charge in [0.25, 0.3) is 0 Å². The molecule has 5 aromatic heterocycles. The number of nitro groups is 1. The van der Waals surface area contributed by atoms with E-state index in [0.717, 1.165) is 33.8 Å². The first-order chi connectivity index (χ1) is 20.3. The van der Waals surface area contributed by atoms with Gasteiger partial charge in [-0.1, -0.05) is 6.42 Å². The molecule has 6 rings (SSSR count). The molecule has 1 fully saturated rings. The van der Waals surface area contributed by atoms with Crippen LogP contribution in [-0.2, 0) is 11.3 Å². The molecule has 0 radical (unpaired) electrons. The molecule has 1 saturated heterocycles. The normalized spacial score (nSPS) is 13.4. The zero-order valence-electron chi connectivity index (χ0n) is 23.5. The maximum Gasteiger partial charge on any atom is 0.310 e. The van der Waals surface area contributed by atoms with Crippen molar-refractivity contribution in [1.29, 1.82) is 0 Å². The van der Waals surface area contributed by atoms with Gasteiger partial charge < -0.3 is 15.5 Å². The number of nitrogens with zero attached hydrogens (tertiary/aromatic N) is 9. The Morgan fingerprint density at radius 2 is 1.93 bits per heavy atom. The second-order valence-electron chi connectivity index (χ2n) is 10.0. The Morgan fingerprint density at radius 3 is 2.62 bits per heavy atom. The molecule has 0 aliphatic carbocycles. The maximum absolute atomic E-state index is 12.5. The summed E-state index contributed by atoms with van der Waals surface area (Å²) in [5.74, 6) is 0.143. The maximum atomic E-state index is 12.5. The van der Waals surface area contributed by atoms with Crippen LogP contribution in [0.2, 0.25) is 0 Å². The molecule has 42 heavy (non-hydrogen) atoms. The van der Waals surface area contributed by atoms with Crippen molar-refractivity contribution in [3.63, 3.8) is 0 Å². The summed E-state index contributed by atoms with van der Waals surface area (Å²) < 4.78 is 7.63. The molecular weight excluding hydrogens is 558 g/mol. The van der Waals surface area contributed by atoms with E-state index >= 15 is 0 Å². The number of carbonyl (C=O) groups is 1. The van der Waals surface area contributed by atoms with E-state index in [0.29, 0.717) is 11.5 Å². The van der Waals surface area contributed by atoms with Crippen molar-refractivity contribution in [2.24, 2.45) is 0 Å². The van der Waals surface area contributed by atoms with Crippen molar-refractivity contribution in [2.45, 2.75) is 39.7 Å². The van der Waals surface area contributed by atoms with Gasteiger partial charge in [-0.3, -0.25) is 29.0 Å². The van der Waals surface area contributed by atoms with E-state index in [9.17, 15) is 14.9 Å². The number of imidazole rings is 1. The molecular formula is C27H31N11O3S. The van der Waals surface area contributed by atoms with Crippen LogP contribution < -0.4 is 10.6 Å². The van der Waals surface area contributed by atoms with Gasteiger partial charge in [0.15, 0.2) is 11.5 Å². The molecule has 0 saturated carbocycles. The summed E-state index contributed by atoms with van der Waals surface area (Å²) in [7, 11) is 2.19. The number of fused-ring (bicyclic) bond motifs is 1. The van der Waals surface area contributed by atoms with E-state index < -0.39 is 10.8 Å². The zero-order chi connectivity index (χ0) is 29.6. The molecule has 0 bridgehead atoms. The number of anilines is 3. The molecule has 1 amide bonds. The minimum Gasteiger partial charge on any atom is -0.328 e. The summed E-state index contributed by atoms with van der Waals surface area (Å²) in [5, 5.41) is 22.1. The number of aromatic nitrogens is 7. The number of piperidine rings is 1. The highest BCUT2D eigenvalue weighted by Gasteiger charge is 2.17. The predicted octanol–water partition coefficient (Wildman–Crippen LogP) is 4.45. The molecule has 14 nitrogen and oxygen atoms in total. The fourth-order valence-electron chi connectivity index (χ4n) is 4.55. The van der Waals surface area contributed by atoms with Crippen molar-refractivity contribution in [3.8, 4) is 11.3 Å². The van der Waals surface area contributed by atoms with Crippen molar-refractivity contribution >= 4 is 45.3 Å². The van der Waals surface area contributed by atoms with E-state index in [1.807, 2.05) is 30.5 Å². The third kappa shape index (κ3) is 6.92. The molecule has 0 spiro atoms. The van der Waals surface area contributed by atoms with E-state index in [1.54, 1.807) is 18.6 Å². The molecule has 1 aliphatic rings. The number of aryl methyl sites for hydroxylation is 2. The van der Waals surface area contributed by atoms with Crippen LogP contribution in [0.3, 0.4) is 0 Å². The number of likely N-dealkylation sites (tertiary alicyclic amines) is 1. The molecule has 0 aromatic carbocycles. The lowest BCUT2D eigenvalue weighted by molar-refractivity contribution is -0.384. The SMILES string of the molecule is CN1CCCCC1.Cc1cc(Nc2nc(C)cn3c(-c4cnn(CC(=O)Nc5ccncc5[N+](=O)[O-])c4)cnc23)sn1. The minimum atomic E-state index is -0.602. The van der Waals surface area contributed by atoms with Crippen LogP contribution in [-0.4, -0.2) is 69.4 Å². The smallest absolute Gasteiger partial charge is 0.310 e. The predicted molar refractivity (Wildman–Crippen MR) is 160 cm³/mol. The fraction of sp³-hybridized carbons (Fsp3) is 0.333. The molecule has 218 valence electrons. The van der Waals surface area contributed by atoms with Gasteiger partial charge in [0.1, 0.15) is 23.4 Å². The second kappa shape index (κ2) is 12.8. The van der Waals surface area contributed by atoms with Gasteiger partial charge in [0.05, 0.1) is 34.4 Å². The molecule has 2 N–H and O–H groups in total. The van der Waals surface area contributed by atoms with Crippen molar-refractivity contribution in [2.75, 3.05) is 30.8 Å². The summed E-state index contributed by atoms with van der Waals surface area (Å²) in [6.45, 7) is 6.32. The van der Waals surface area contributed by atoms with Gasteiger partial charge in [0, 0.05) is 24.2 Å². The first-order valence-electron chi connectivity index (χ1n) is 13.4. The summed E-state index contributed by atoms with van der Waals surface area (Å²) in [6, 6.07) is 3.31. The largest absolute Gasteiger partial charge is 0.328 e. The number of carbonyl (C=O) groups excluding carboxylic acids is 1. The van der Waals surface area contributed by atoms with Crippen LogP contribution in [0.25, 0.3) is 16.9 Å². The Hall–Kier alpha value is -4.76. The van der Waals surface area contributed by atoms with Gasteiger partial charge in [0.2, 0.25) is 5.91 Å². The van der Waals surface area contributed by atoms with Gasteiger partial charge in [-0.15, -0.1) is 0 Å². The van der Waals surface area contributed by atoms with Crippen molar-refractivity contribution in [3.05, 3.63) is 70.8 Å². The summed E-state index contributed by atoms with van der Waals surface area (Å²) >= 11 is 1.34.